The van der Waals surface area contributed by atoms with Gasteiger partial charge >= 0.3 is 6.18 Å². The molecule has 2 saturated heterocycles. The highest BCUT2D eigenvalue weighted by Gasteiger charge is 2.50. The molecular formula is C28H33F3N4O3S. The number of carbonyl (C=O) groups excluding carboxylic acids is 1. The lowest BCUT2D eigenvalue weighted by Gasteiger charge is -2.53. The number of rotatable bonds is 8. The molecule has 1 aliphatic carbocycles. The van der Waals surface area contributed by atoms with Crippen molar-refractivity contribution in [3.63, 3.8) is 0 Å². The van der Waals surface area contributed by atoms with Crippen molar-refractivity contribution in [2.45, 2.75) is 63.1 Å². The molecule has 0 N–H and O–H groups in total. The standard InChI is InChI=1S/C28H33F3N4O3S/c1-34-16-20-19(3-2-4-21(20)33-34)23(36)15-26-7-9-27(10-8-26,38-17-26)11-14-35-12-5-22-24(6-13-35)39-25(32-22)37-18-28(29,30)31/h2-4,16H,5-15,17-18H2,1H3. The first-order valence-electron chi connectivity index (χ1n) is 13.6. The molecule has 11 heteroatoms. The predicted octanol–water partition coefficient (Wildman–Crippen LogP) is 5.36. The van der Waals surface area contributed by atoms with Gasteiger partial charge in [-0.3, -0.25) is 9.48 Å². The molecule has 3 aromatic rings. The summed E-state index contributed by atoms with van der Waals surface area (Å²) in [5.41, 5.74) is 2.25. The average molecular weight is 563 g/mol. The van der Waals surface area contributed by atoms with Gasteiger partial charge in [0.05, 0.1) is 23.4 Å². The number of Topliss-reactive ketones (excluding diaryl/α,β-unsaturated/α-hetero) is 1. The Hall–Kier alpha value is -2.50. The first-order valence-corrected chi connectivity index (χ1v) is 14.4. The average Bonchev–Trinajstić information content (AvgIpc) is 3.44. The summed E-state index contributed by atoms with van der Waals surface area (Å²) in [6, 6.07) is 5.75. The van der Waals surface area contributed by atoms with Gasteiger partial charge in [-0.05, 0) is 44.6 Å². The van der Waals surface area contributed by atoms with Crippen LogP contribution in [0.15, 0.2) is 24.4 Å². The summed E-state index contributed by atoms with van der Waals surface area (Å²) in [5, 5.41) is 5.47. The fourth-order valence-electron chi connectivity index (χ4n) is 6.40. The van der Waals surface area contributed by atoms with Crippen molar-refractivity contribution in [1.82, 2.24) is 19.7 Å². The molecule has 0 unspecified atom stereocenters. The summed E-state index contributed by atoms with van der Waals surface area (Å²) < 4.78 is 50.5. The topological polar surface area (TPSA) is 69.5 Å². The zero-order chi connectivity index (χ0) is 27.3. The molecule has 39 heavy (non-hydrogen) atoms. The Bertz CT molecular complexity index is 1320. The Morgan fingerprint density at radius 1 is 1.18 bits per heavy atom. The summed E-state index contributed by atoms with van der Waals surface area (Å²) in [4.78, 5) is 21.1. The second-order valence-corrected chi connectivity index (χ2v) is 12.5. The third-order valence-electron chi connectivity index (χ3n) is 8.73. The number of halogens is 3. The number of ether oxygens (including phenoxy) is 2. The maximum atomic E-state index is 13.4. The minimum Gasteiger partial charge on any atom is -0.460 e. The van der Waals surface area contributed by atoms with Gasteiger partial charge in [0.25, 0.3) is 5.19 Å². The second-order valence-electron chi connectivity index (χ2n) is 11.5. The van der Waals surface area contributed by atoms with Crippen LogP contribution < -0.4 is 4.74 Å². The Balaban J connectivity index is 1.00. The molecule has 2 bridgehead atoms. The molecule has 0 spiro atoms. The van der Waals surface area contributed by atoms with Crippen molar-refractivity contribution in [3.05, 3.63) is 40.5 Å². The Morgan fingerprint density at radius 3 is 2.72 bits per heavy atom. The second kappa shape index (κ2) is 10.2. The van der Waals surface area contributed by atoms with E-state index in [0.29, 0.717) is 19.4 Å². The van der Waals surface area contributed by atoms with Crippen LogP contribution in [-0.4, -0.2) is 70.1 Å². The number of hydrogen-bond acceptors (Lipinski definition) is 7. The van der Waals surface area contributed by atoms with Gasteiger partial charge in [-0.2, -0.15) is 18.3 Å². The fraction of sp³-hybridized carbons (Fsp3) is 0.607. The highest BCUT2D eigenvalue weighted by atomic mass is 32.1. The molecule has 1 saturated carbocycles. The van der Waals surface area contributed by atoms with Gasteiger partial charge in [0, 0.05) is 67.0 Å². The normalized spacial score (nSPS) is 25.5. The van der Waals surface area contributed by atoms with E-state index < -0.39 is 12.8 Å². The zero-order valence-electron chi connectivity index (χ0n) is 22.1. The van der Waals surface area contributed by atoms with E-state index in [2.05, 4.69) is 15.0 Å². The summed E-state index contributed by atoms with van der Waals surface area (Å²) in [7, 11) is 1.87. The Morgan fingerprint density at radius 2 is 1.97 bits per heavy atom. The summed E-state index contributed by atoms with van der Waals surface area (Å²) in [6.07, 6.45) is 4.45. The van der Waals surface area contributed by atoms with Crippen LogP contribution in [0.4, 0.5) is 13.2 Å². The van der Waals surface area contributed by atoms with Crippen molar-refractivity contribution >= 4 is 28.0 Å². The SMILES string of the molecule is Cn1cc2c(C(=O)CC34CCC(CCN5CCc6nc(OCC(F)(F)F)sc6CC5)(CC3)OC4)cccc2n1. The van der Waals surface area contributed by atoms with E-state index in [1.54, 1.807) is 4.68 Å². The number of thiazole rings is 1. The molecule has 2 aromatic heterocycles. The van der Waals surface area contributed by atoms with Crippen molar-refractivity contribution in [2.75, 3.05) is 32.8 Å². The van der Waals surface area contributed by atoms with Crippen LogP contribution in [0.1, 0.15) is 59.5 Å². The van der Waals surface area contributed by atoms with E-state index in [4.69, 9.17) is 9.47 Å². The first-order chi connectivity index (χ1) is 18.6. The van der Waals surface area contributed by atoms with Crippen LogP contribution >= 0.6 is 11.3 Å². The minimum atomic E-state index is -4.36. The molecule has 0 radical (unpaired) electrons. The van der Waals surface area contributed by atoms with Crippen molar-refractivity contribution in [3.8, 4) is 5.19 Å². The Kier molecular flexibility index (Phi) is 6.96. The number of hydrogen-bond donors (Lipinski definition) is 0. The third kappa shape index (κ3) is 5.71. The van der Waals surface area contributed by atoms with Gasteiger partial charge in [-0.1, -0.05) is 23.5 Å². The Labute approximate surface area is 229 Å². The number of aryl methyl sites for hydroxylation is 1. The molecule has 1 aromatic carbocycles. The largest absolute Gasteiger partial charge is 0.460 e. The summed E-state index contributed by atoms with van der Waals surface area (Å²) in [5.74, 6) is 0.171. The molecule has 0 amide bonds. The smallest absolute Gasteiger partial charge is 0.422 e. The molecule has 4 aliphatic rings. The third-order valence-corrected chi connectivity index (χ3v) is 9.80. The molecule has 7 rings (SSSR count). The number of aromatic nitrogens is 3. The minimum absolute atomic E-state index is 0.0857. The molecular weight excluding hydrogens is 529 g/mol. The molecule has 3 fully saturated rings. The number of benzene rings is 1. The number of carbonyl (C=O) groups is 1. The molecule has 5 heterocycles. The van der Waals surface area contributed by atoms with Gasteiger partial charge in [-0.25, -0.2) is 4.98 Å². The highest BCUT2D eigenvalue weighted by Crippen LogP contribution is 2.52. The van der Waals surface area contributed by atoms with Crippen molar-refractivity contribution in [1.29, 1.82) is 0 Å². The molecule has 7 nitrogen and oxygen atoms in total. The van der Waals surface area contributed by atoms with Gasteiger partial charge in [0.1, 0.15) is 0 Å². The number of alkyl halides is 3. The quantitative estimate of drug-likeness (QED) is 0.344. The highest BCUT2D eigenvalue weighted by molar-refractivity contribution is 7.13. The zero-order valence-corrected chi connectivity index (χ0v) is 22.9. The van der Waals surface area contributed by atoms with E-state index in [-0.39, 0.29) is 22.0 Å². The van der Waals surface area contributed by atoms with E-state index in [1.807, 2.05) is 31.4 Å². The van der Waals surface area contributed by atoms with Crippen LogP contribution in [0, 0.1) is 5.41 Å². The first kappa shape index (κ1) is 26.7. The van der Waals surface area contributed by atoms with Crippen molar-refractivity contribution < 1.29 is 27.4 Å². The van der Waals surface area contributed by atoms with E-state index in [9.17, 15) is 18.0 Å². The van der Waals surface area contributed by atoms with E-state index in [1.165, 1.54) is 11.3 Å². The lowest BCUT2D eigenvalue weighted by molar-refractivity contribution is -0.186. The van der Waals surface area contributed by atoms with Crippen molar-refractivity contribution in [2.24, 2.45) is 12.5 Å². The lowest BCUT2D eigenvalue weighted by Crippen LogP contribution is -2.52. The van der Waals surface area contributed by atoms with Gasteiger partial charge < -0.3 is 14.4 Å². The van der Waals surface area contributed by atoms with Crippen LogP contribution in [0.5, 0.6) is 5.19 Å². The number of ketones is 1. The lowest BCUT2D eigenvalue weighted by atomic mass is 9.63. The maximum absolute atomic E-state index is 13.4. The van der Waals surface area contributed by atoms with Crippen LogP contribution in [0.2, 0.25) is 0 Å². The van der Waals surface area contributed by atoms with Crippen LogP contribution in [-0.2, 0) is 24.6 Å². The van der Waals surface area contributed by atoms with Gasteiger partial charge in [0.2, 0.25) is 0 Å². The maximum Gasteiger partial charge on any atom is 0.422 e. The summed E-state index contributed by atoms with van der Waals surface area (Å²) >= 11 is 1.24. The van der Waals surface area contributed by atoms with E-state index in [0.717, 1.165) is 85.2 Å². The fourth-order valence-corrected chi connectivity index (χ4v) is 7.34. The monoisotopic (exact) mass is 562 g/mol. The molecule has 0 atom stereocenters. The summed E-state index contributed by atoms with van der Waals surface area (Å²) in [6.45, 7) is 1.92. The molecule has 210 valence electrons. The van der Waals surface area contributed by atoms with Crippen LogP contribution in [0.25, 0.3) is 10.9 Å². The van der Waals surface area contributed by atoms with Gasteiger partial charge in [-0.15, -0.1) is 0 Å². The molecule has 3 aliphatic heterocycles. The van der Waals surface area contributed by atoms with Crippen LogP contribution in [0.3, 0.4) is 0 Å². The van der Waals surface area contributed by atoms with E-state index >= 15 is 0 Å². The number of nitrogens with zero attached hydrogens (tertiary/aromatic N) is 4. The van der Waals surface area contributed by atoms with Gasteiger partial charge in [0.15, 0.2) is 12.4 Å². The number of fused-ring (bicyclic) bond motifs is 5. The predicted molar refractivity (Wildman–Crippen MR) is 141 cm³/mol.